The van der Waals surface area contributed by atoms with Gasteiger partial charge in [-0.15, -0.1) is 0 Å². The lowest BCUT2D eigenvalue weighted by Gasteiger charge is -2.23. The Morgan fingerprint density at radius 3 is 2.67 bits per heavy atom. The fraction of sp³-hybridized carbons (Fsp3) is 0.444. The fourth-order valence-corrected chi connectivity index (χ4v) is 4.82. The van der Waals surface area contributed by atoms with Crippen LogP contribution < -0.4 is 19.7 Å². The molecule has 146 valence electrons. The molecule has 1 aliphatic heterocycles. The lowest BCUT2D eigenvalue weighted by Crippen LogP contribution is -2.33. The van der Waals surface area contributed by atoms with E-state index in [1.54, 1.807) is 26.5 Å². The summed E-state index contributed by atoms with van der Waals surface area (Å²) in [7, 11) is 2.08. The summed E-state index contributed by atoms with van der Waals surface area (Å²) < 4.78 is 34.0. The first-order chi connectivity index (χ1) is 12.9. The largest absolute Gasteiger partial charge is 0.493 e. The third-order valence-electron chi connectivity index (χ3n) is 4.64. The van der Waals surface area contributed by atoms with E-state index in [-0.39, 0.29) is 17.5 Å². The fourth-order valence-electron chi connectivity index (χ4n) is 3.04. The molecule has 27 heavy (non-hydrogen) atoms. The SMILES string of the molecule is COc1ccc(CNc2ccnc(N(C)C3CCS(=O)(=O)C3)n2)cc1OC. The number of nitrogens with zero attached hydrogens (tertiary/aromatic N) is 3. The predicted molar refractivity (Wildman–Crippen MR) is 104 cm³/mol. The minimum atomic E-state index is -2.95. The van der Waals surface area contributed by atoms with E-state index in [1.165, 1.54) is 0 Å². The highest BCUT2D eigenvalue weighted by molar-refractivity contribution is 7.91. The van der Waals surface area contributed by atoms with Crippen molar-refractivity contribution in [3.8, 4) is 11.5 Å². The maximum Gasteiger partial charge on any atom is 0.227 e. The molecule has 0 radical (unpaired) electrons. The summed E-state index contributed by atoms with van der Waals surface area (Å²) in [6, 6.07) is 7.41. The number of aromatic nitrogens is 2. The van der Waals surface area contributed by atoms with Crippen molar-refractivity contribution in [2.24, 2.45) is 0 Å². The number of rotatable bonds is 7. The molecule has 1 fully saturated rings. The van der Waals surface area contributed by atoms with Crippen LogP contribution in [0, 0.1) is 0 Å². The molecule has 1 saturated heterocycles. The molecular formula is C18H24N4O4S. The van der Waals surface area contributed by atoms with Gasteiger partial charge in [0.15, 0.2) is 21.3 Å². The zero-order valence-corrected chi connectivity index (χ0v) is 16.5. The Hall–Kier alpha value is -2.55. The molecule has 3 rings (SSSR count). The third-order valence-corrected chi connectivity index (χ3v) is 6.39. The van der Waals surface area contributed by atoms with E-state index in [1.807, 2.05) is 30.1 Å². The van der Waals surface area contributed by atoms with Crippen LogP contribution >= 0.6 is 0 Å². The average Bonchev–Trinajstić information content (AvgIpc) is 3.05. The van der Waals surface area contributed by atoms with E-state index < -0.39 is 9.84 Å². The third kappa shape index (κ3) is 4.60. The van der Waals surface area contributed by atoms with Crippen molar-refractivity contribution in [1.82, 2.24) is 9.97 Å². The highest BCUT2D eigenvalue weighted by atomic mass is 32.2. The van der Waals surface area contributed by atoms with Gasteiger partial charge in [0.2, 0.25) is 5.95 Å². The van der Waals surface area contributed by atoms with Crippen molar-refractivity contribution >= 4 is 21.6 Å². The first-order valence-corrected chi connectivity index (χ1v) is 10.4. The molecule has 0 saturated carbocycles. The molecule has 2 heterocycles. The predicted octanol–water partition coefficient (Wildman–Crippen LogP) is 1.73. The van der Waals surface area contributed by atoms with Gasteiger partial charge in [0.1, 0.15) is 5.82 Å². The topological polar surface area (TPSA) is 93.7 Å². The second kappa shape index (κ2) is 7.99. The second-order valence-corrected chi connectivity index (χ2v) is 8.68. The van der Waals surface area contributed by atoms with Crippen molar-refractivity contribution in [2.75, 3.05) is 43.0 Å². The van der Waals surface area contributed by atoms with Gasteiger partial charge >= 0.3 is 0 Å². The highest BCUT2D eigenvalue weighted by Gasteiger charge is 2.31. The first-order valence-electron chi connectivity index (χ1n) is 8.63. The van der Waals surface area contributed by atoms with Crippen LogP contribution in [-0.4, -0.2) is 57.2 Å². The molecule has 9 heteroatoms. The van der Waals surface area contributed by atoms with Gasteiger partial charge in [-0.25, -0.2) is 13.4 Å². The summed E-state index contributed by atoms with van der Waals surface area (Å²) in [6.45, 7) is 0.554. The maximum atomic E-state index is 11.7. The van der Waals surface area contributed by atoms with Gasteiger partial charge in [-0.2, -0.15) is 4.98 Å². The molecular weight excluding hydrogens is 368 g/mol. The van der Waals surface area contributed by atoms with Crippen LogP contribution in [0.1, 0.15) is 12.0 Å². The van der Waals surface area contributed by atoms with Crippen LogP contribution in [0.15, 0.2) is 30.5 Å². The van der Waals surface area contributed by atoms with Crippen molar-refractivity contribution in [3.63, 3.8) is 0 Å². The monoisotopic (exact) mass is 392 g/mol. The maximum absolute atomic E-state index is 11.7. The summed E-state index contributed by atoms with van der Waals surface area (Å²) in [6.07, 6.45) is 2.27. The Labute approximate surface area is 159 Å². The van der Waals surface area contributed by atoms with Crippen LogP contribution in [0.25, 0.3) is 0 Å². The summed E-state index contributed by atoms with van der Waals surface area (Å²) in [4.78, 5) is 10.6. The normalized spacial score (nSPS) is 18.1. The molecule has 0 amide bonds. The molecule has 1 atom stereocenters. The number of benzene rings is 1. The van der Waals surface area contributed by atoms with Crippen molar-refractivity contribution < 1.29 is 17.9 Å². The van der Waals surface area contributed by atoms with E-state index in [4.69, 9.17) is 9.47 Å². The smallest absolute Gasteiger partial charge is 0.227 e. The molecule has 0 bridgehead atoms. The Kier molecular flexibility index (Phi) is 5.69. The summed E-state index contributed by atoms with van der Waals surface area (Å²) in [5, 5.41) is 3.26. The van der Waals surface area contributed by atoms with Crippen LogP contribution in [-0.2, 0) is 16.4 Å². The molecule has 1 N–H and O–H groups in total. The Balaban J connectivity index is 1.67. The molecule has 0 spiro atoms. The van der Waals surface area contributed by atoms with Gasteiger partial charge in [-0.05, 0) is 30.2 Å². The minimum Gasteiger partial charge on any atom is -0.493 e. The lowest BCUT2D eigenvalue weighted by atomic mass is 10.2. The molecule has 1 aromatic heterocycles. The lowest BCUT2D eigenvalue weighted by molar-refractivity contribution is 0.354. The number of methoxy groups -OCH3 is 2. The number of ether oxygens (including phenoxy) is 2. The summed E-state index contributed by atoms with van der Waals surface area (Å²) in [5.41, 5.74) is 1.02. The zero-order chi connectivity index (χ0) is 19.4. The highest BCUT2D eigenvalue weighted by Crippen LogP contribution is 2.28. The molecule has 2 aromatic rings. The van der Waals surface area contributed by atoms with E-state index in [0.717, 1.165) is 5.56 Å². The molecule has 8 nitrogen and oxygen atoms in total. The zero-order valence-electron chi connectivity index (χ0n) is 15.7. The van der Waals surface area contributed by atoms with Gasteiger partial charge in [0.05, 0.1) is 25.7 Å². The van der Waals surface area contributed by atoms with Crippen LogP contribution in [0.2, 0.25) is 0 Å². The first kappa shape index (κ1) is 19.2. The van der Waals surface area contributed by atoms with Crippen LogP contribution in [0.5, 0.6) is 11.5 Å². The molecule has 1 aromatic carbocycles. The van der Waals surface area contributed by atoms with Gasteiger partial charge in [0, 0.05) is 25.8 Å². The van der Waals surface area contributed by atoms with Gasteiger partial charge in [0.25, 0.3) is 0 Å². The number of nitrogens with one attached hydrogen (secondary N) is 1. The van der Waals surface area contributed by atoms with Gasteiger partial charge in [-0.3, -0.25) is 0 Å². The molecule has 0 aliphatic carbocycles. The van der Waals surface area contributed by atoms with Crippen molar-refractivity contribution in [3.05, 3.63) is 36.0 Å². The van der Waals surface area contributed by atoms with Gasteiger partial charge in [-0.1, -0.05) is 6.07 Å². The Morgan fingerprint density at radius 2 is 2.00 bits per heavy atom. The van der Waals surface area contributed by atoms with Gasteiger partial charge < -0.3 is 19.7 Å². The standard InChI is InChI=1S/C18H24N4O4S/c1-22(14-7-9-27(23,24)12-14)18-19-8-6-17(21-18)20-11-13-4-5-15(25-2)16(10-13)26-3/h4-6,8,10,14H,7,9,11-12H2,1-3H3,(H,19,20,21). The average molecular weight is 392 g/mol. The van der Waals surface area contributed by atoms with E-state index in [0.29, 0.717) is 36.2 Å². The van der Waals surface area contributed by atoms with Crippen LogP contribution in [0.4, 0.5) is 11.8 Å². The van der Waals surface area contributed by atoms with Crippen molar-refractivity contribution in [2.45, 2.75) is 19.0 Å². The quantitative estimate of drug-likeness (QED) is 0.761. The summed E-state index contributed by atoms with van der Waals surface area (Å²) >= 11 is 0. The second-order valence-electron chi connectivity index (χ2n) is 6.45. The number of hydrogen-bond donors (Lipinski definition) is 1. The molecule has 1 aliphatic rings. The van der Waals surface area contributed by atoms with E-state index in [2.05, 4.69) is 15.3 Å². The Morgan fingerprint density at radius 1 is 1.22 bits per heavy atom. The minimum absolute atomic E-state index is 0.0869. The summed E-state index contributed by atoms with van der Waals surface area (Å²) in [5.74, 6) is 2.90. The Bertz CT molecular complexity index is 904. The van der Waals surface area contributed by atoms with E-state index in [9.17, 15) is 8.42 Å². The van der Waals surface area contributed by atoms with Crippen molar-refractivity contribution in [1.29, 1.82) is 0 Å². The van der Waals surface area contributed by atoms with E-state index >= 15 is 0 Å². The number of hydrogen-bond acceptors (Lipinski definition) is 8. The number of anilines is 2. The van der Waals surface area contributed by atoms with Crippen LogP contribution in [0.3, 0.4) is 0 Å². The number of sulfone groups is 1. The molecule has 1 unspecified atom stereocenters.